The third kappa shape index (κ3) is 2.44. The highest BCUT2D eigenvalue weighted by molar-refractivity contribution is 6.30. The minimum Gasteiger partial charge on any atom is -0.383 e. The first-order valence-electron chi connectivity index (χ1n) is 5.41. The van der Waals surface area contributed by atoms with Crippen molar-refractivity contribution in [2.75, 3.05) is 5.73 Å². The Hall–Kier alpha value is -1.65. The monoisotopic (exact) mass is 265 g/mol. The lowest BCUT2D eigenvalue weighted by atomic mass is 9.98. The number of rotatable bonds is 2. The average molecular weight is 266 g/mol. The summed E-state index contributed by atoms with van der Waals surface area (Å²) in [6.07, 6.45) is 1.64. The van der Waals surface area contributed by atoms with E-state index in [0.717, 1.165) is 5.56 Å². The molecule has 1 unspecified atom stereocenters. The molecule has 0 radical (unpaired) electrons. The number of nitrogen functional groups attached to an aromatic ring is 1. The number of hydrogen-bond acceptors (Lipinski definition) is 3. The van der Waals surface area contributed by atoms with Gasteiger partial charge in [-0.15, -0.1) is 0 Å². The average Bonchev–Trinajstić information content (AvgIpc) is 2.34. The summed E-state index contributed by atoms with van der Waals surface area (Å²) < 4.78 is 13.7. The van der Waals surface area contributed by atoms with Crippen LogP contribution in [0.4, 0.5) is 10.2 Å². The summed E-state index contributed by atoms with van der Waals surface area (Å²) in [5, 5.41) is 0.432. The lowest BCUT2D eigenvalue weighted by Gasteiger charge is -2.16. The zero-order valence-corrected chi connectivity index (χ0v) is 10.6. The molecule has 0 saturated carbocycles. The summed E-state index contributed by atoms with van der Waals surface area (Å²) in [6.45, 7) is 1.87. The van der Waals surface area contributed by atoms with Gasteiger partial charge in [-0.2, -0.15) is 0 Å². The van der Waals surface area contributed by atoms with Gasteiger partial charge in [0.15, 0.2) is 0 Å². The minimum absolute atomic E-state index is 0.299. The van der Waals surface area contributed by atoms with Gasteiger partial charge in [0.1, 0.15) is 11.6 Å². The molecule has 0 aliphatic heterocycles. The molecule has 5 heteroatoms. The number of pyridine rings is 1. The third-order valence-corrected chi connectivity index (χ3v) is 2.95. The molecule has 18 heavy (non-hydrogen) atoms. The Bertz CT molecular complexity index is 535. The van der Waals surface area contributed by atoms with Gasteiger partial charge in [-0.1, -0.05) is 11.6 Å². The van der Waals surface area contributed by atoms with E-state index in [0.29, 0.717) is 22.0 Å². The number of halogens is 2. The molecule has 4 N–H and O–H groups in total. The number of hydrogen-bond donors (Lipinski definition) is 2. The number of aromatic nitrogens is 1. The normalized spacial score (nSPS) is 12.4. The minimum atomic E-state index is -0.684. The van der Waals surface area contributed by atoms with E-state index in [1.54, 1.807) is 12.3 Å². The molecule has 0 aliphatic carbocycles. The molecule has 1 atom stereocenters. The van der Waals surface area contributed by atoms with Crippen molar-refractivity contribution >= 4 is 17.4 Å². The van der Waals surface area contributed by atoms with Gasteiger partial charge in [-0.05, 0) is 36.8 Å². The van der Waals surface area contributed by atoms with Gasteiger partial charge in [-0.3, -0.25) is 0 Å². The zero-order chi connectivity index (χ0) is 13.3. The summed E-state index contributed by atoms with van der Waals surface area (Å²) in [5.74, 6) is -0.111. The quantitative estimate of drug-likeness (QED) is 0.878. The first-order chi connectivity index (χ1) is 8.49. The Morgan fingerprint density at radius 3 is 2.72 bits per heavy atom. The zero-order valence-electron chi connectivity index (χ0n) is 9.82. The smallest absolute Gasteiger partial charge is 0.128 e. The van der Waals surface area contributed by atoms with Crippen molar-refractivity contribution in [3.63, 3.8) is 0 Å². The van der Waals surface area contributed by atoms with Crippen LogP contribution in [0.15, 0.2) is 30.5 Å². The van der Waals surface area contributed by atoms with E-state index >= 15 is 0 Å². The van der Waals surface area contributed by atoms with Gasteiger partial charge in [0.2, 0.25) is 0 Å². The van der Waals surface area contributed by atoms with Gasteiger partial charge < -0.3 is 11.5 Å². The van der Waals surface area contributed by atoms with Crippen LogP contribution in [0, 0.1) is 12.7 Å². The van der Waals surface area contributed by atoms with Crippen LogP contribution in [0.5, 0.6) is 0 Å². The molecule has 0 amide bonds. The second-order valence-electron chi connectivity index (χ2n) is 4.13. The van der Waals surface area contributed by atoms with E-state index in [4.69, 9.17) is 23.1 Å². The van der Waals surface area contributed by atoms with E-state index < -0.39 is 11.9 Å². The van der Waals surface area contributed by atoms with Crippen molar-refractivity contribution in [2.24, 2.45) is 5.73 Å². The molecular weight excluding hydrogens is 253 g/mol. The second-order valence-corrected chi connectivity index (χ2v) is 4.57. The van der Waals surface area contributed by atoms with E-state index in [1.807, 2.05) is 6.92 Å². The molecule has 2 aromatic rings. The van der Waals surface area contributed by atoms with Crippen molar-refractivity contribution in [2.45, 2.75) is 13.0 Å². The summed E-state index contributed by atoms with van der Waals surface area (Å²) >= 11 is 5.85. The van der Waals surface area contributed by atoms with Gasteiger partial charge in [0.05, 0.1) is 6.04 Å². The molecule has 0 aliphatic rings. The lowest BCUT2D eigenvalue weighted by Crippen LogP contribution is -2.16. The Morgan fingerprint density at radius 1 is 1.28 bits per heavy atom. The molecule has 1 aromatic carbocycles. The highest BCUT2D eigenvalue weighted by atomic mass is 35.5. The number of anilines is 1. The van der Waals surface area contributed by atoms with Crippen LogP contribution in [-0.2, 0) is 0 Å². The summed E-state index contributed by atoms with van der Waals surface area (Å²) in [5.41, 5.74) is 13.6. The molecule has 0 saturated heterocycles. The van der Waals surface area contributed by atoms with Crippen molar-refractivity contribution in [3.8, 4) is 0 Å². The van der Waals surface area contributed by atoms with Crippen molar-refractivity contribution in [1.82, 2.24) is 4.98 Å². The van der Waals surface area contributed by atoms with E-state index in [-0.39, 0.29) is 0 Å². The van der Waals surface area contributed by atoms with Crippen molar-refractivity contribution in [1.29, 1.82) is 0 Å². The molecule has 1 aromatic heterocycles. The van der Waals surface area contributed by atoms with E-state index in [1.165, 1.54) is 18.2 Å². The fourth-order valence-electron chi connectivity index (χ4n) is 1.77. The van der Waals surface area contributed by atoms with Crippen LogP contribution in [0.25, 0.3) is 0 Å². The molecule has 0 bridgehead atoms. The fraction of sp³-hybridized carbons (Fsp3) is 0.154. The molecule has 94 valence electrons. The molecule has 3 nitrogen and oxygen atoms in total. The lowest BCUT2D eigenvalue weighted by molar-refractivity contribution is 0.599. The maximum absolute atomic E-state index is 13.7. The molecule has 0 spiro atoms. The summed E-state index contributed by atoms with van der Waals surface area (Å²) in [7, 11) is 0. The predicted octanol–water partition coefficient (Wildman–Crippen LogP) is 2.81. The van der Waals surface area contributed by atoms with E-state index in [2.05, 4.69) is 4.98 Å². The third-order valence-electron chi connectivity index (χ3n) is 2.71. The first-order valence-corrected chi connectivity index (χ1v) is 5.79. The maximum atomic E-state index is 13.7. The van der Waals surface area contributed by atoms with Crippen LogP contribution in [0.3, 0.4) is 0 Å². The van der Waals surface area contributed by atoms with Gasteiger partial charge >= 0.3 is 0 Å². The Labute approximate surface area is 110 Å². The van der Waals surface area contributed by atoms with Crippen LogP contribution in [-0.4, -0.2) is 4.98 Å². The summed E-state index contributed by atoms with van der Waals surface area (Å²) in [4.78, 5) is 4.02. The van der Waals surface area contributed by atoms with Crippen molar-refractivity contribution in [3.05, 3.63) is 58.0 Å². The molecule has 1 heterocycles. The summed E-state index contributed by atoms with van der Waals surface area (Å²) in [6, 6.07) is 5.38. The van der Waals surface area contributed by atoms with Gasteiger partial charge in [0.25, 0.3) is 0 Å². The largest absolute Gasteiger partial charge is 0.383 e. The number of nitrogens with zero attached hydrogens (tertiary/aromatic N) is 1. The highest BCUT2D eigenvalue weighted by Gasteiger charge is 2.17. The highest BCUT2D eigenvalue weighted by Crippen LogP contribution is 2.27. The SMILES string of the molecule is Cc1cnc(N)c(C(N)c2cc(Cl)ccc2F)c1. The van der Waals surface area contributed by atoms with Crippen molar-refractivity contribution < 1.29 is 4.39 Å². The molecule has 0 fully saturated rings. The standard InChI is InChI=1S/C13H13ClFN3/c1-7-4-10(13(17)18-6-7)12(16)9-5-8(14)2-3-11(9)15/h2-6,12H,16H2,1H3,(H2,17,18). The van der Waals surface area contributed by atoms with Gasteiger partial charge in [-0.25, -0.2) is 9.37 Å². The molecule has 2 rings (SSSR count). The predicted molar refractivity (Wildman–Crippen MR) is 70.8 cm³/mol. The topological polar surface area (TPSA) is 64.9 Å². The Balaban J connectivity index is 2.50. The van der Waals surface area contributed by atoms with Crippen LogP contribution >= 0.6 is 11.6 Å². The number of aryl methyl sites for hydroxylation is 1. The number of nitrogens with two attached hydrogens (primary N) is 2. The van der Waals surface area contributed by atoms with Crippen LogP contribution in [0.2, 0.25) is 5.02 Å². The van der Waals surface area contributed by atoms with Crippen LogP contribution < -0.4 is 11.5 Å². The fourth-order valence-corrected chi connectivity index (χ4v) is 1.95. The first kappa shape index (κ1) is 12.8. The Morgan fingerprint density at radius 2 is 2.00 bits per heavy atom. The molecular formula is C13H13ClFN3. The second kappa shape index (κ2) is 4.92. The van der Waals surface area contributed by atoms with E-state index in [9.17, 15) is 4.39 Å². The Kier molecular flexibility index (Phi) is 3.50. The maximum Gasteiger partial charge on any atom is 0.128 e. The number of benzene rings is 1. The van der Waals surface area contributed by atoms with Gasteiger partial charge in [0, 0.05) is 22.3 Å². The van der Waals surface area contributed by atoms with Crippen LogP contribution in [0.1, 0.15) is 22.7 Å².